The molecule has 0 saturated carbocycles. The van der Waals surface area contributed by atoms with E-state index in [-0.39, 0.29) is 16.7 Å². The van der Waals surface area contributed by atoms with Gasteiger partial charge in [-0.25, -0.2) is 0 Å². The van der Waals surface area contributed by atoms with Gasteiger partial charge in [0.1, 0.15) is 0 Å². The van der Waals surface area contributed by atoms with Crippen LogP contribution < -0.4 is 0 Å². The molecule has 0 fully saturated rings. The largest absolute Gasteiger partial charge is 0.295 e. The van der Waals surface area contributed by atoms with Crippen LogP contribution in [0.3, 0.4) is 0 Å². The number of benzene rings is 2. The zero-order valence-corrected chi connectivity index (χ0v) is 12.5. The first-order chi connectivity index (χ1) is 9.97. The van der Waals surface area contributed by atoms with Crippen molar-refractivity contribution >= 4 is 28.0 Å². The van der Waals surface area contributed by atoms with E-state index in [1.165, 1.54) is 23.9 Å². The zero-order chi connectivity index (χ0) is 15.0. The summed E-state index contributed by atoms with van der Waals surface area (Å²) >= 11 is 1.49. The monoisotopic (exact) mass is 323 g/mol. The van der Waals surface area contributed by atoms with E-state index in [2.05, 4.69) is 0 Å². The molecule has 2 aromatic rings. The highest BCUT2D eigenvalue weighted by atomic mass is 32.3. The van der Waals surface area contributed by atoms with Gasteiger partial charge in [0.15, 0.2) is 0 Å². The van der Waals surface area contributed by atoms with Crippen LogP contribution in [-0.4, -0.2) is 19.8 Å². The molecule has 1 unspecified atom stereocenters. The van der Waals surface area contributed by atoms with E-state index in [9.17, 15) is 19.2 Å². The highest BCUT2D eigenvalue weighted by Crippen LogP contribution is 2.62. The number of hydrogen-bond donors (Lipinski definition) is 2. The van der Waals surface area contributed by atoms with Crippen molar-refractivity contribution < 1.29 is 14.0 Å². The van der Waals surface area contributed by atoms with Crippen LogP contribution >= 0.6 is 22.4 Å². The Morgan fingerprint density at radius 1 is 1.14 bits per heavy atom. The fourth-order valence-corrected chi connectivity index (χ4v) is 5.88. The Bertz CT molecular complexity index is 688. The SMILES string of the molecule is O=[N+]([O-])c1ccc(SC2CS(O)(O)c3ccccc32)cc1. The molecule has 0 aliphatic carbocycles. The normalized spacial score (nSPS) is 20.8. The van der Waals surface area contributed by atoms with E-state index in [0.717, 1.165) is 10.5 Å². The van der Waals surface area contributed by atoms with Crippen molar-refractivity contribution in [2.24, 2.45) is 0 Å². The van der Waals surface area contributed by atoms with E-state index in [1.54, 1.807) is 24.3 Å². The molecule has 0 radical (unpaired) electrons. The fraction of sp³-hybridized carbons (Fsp3) is 0.143. The lowest BCUT2D eigenvalue weighted by molar-refractivity contribution is -0.384. The van der Waals surface area contributed by atoms with Gasteiger partial charge in [-0.05, 0) is 23.8 Å². The second-order valence-electron chi connectivity index (χ2n) is 4.73. The molecule has 110 valence electrons. The molecule has 0 spiro atoms. The molecule has 1 heterocycles. The van der Waals surface area contributed by atoms with E-state index < -0.39 is 15.5 Å². The molecule has 0 amide bonds. The summed E-state index contributed by atoms with van der Waals surface area (Å²) in [6.45, 7) is 0. The summed E-state index contributed by atoms with van der Waals surface area (Å²) < 4.78 is 20.3. The van der Waals surface area contributed by atoms with Crippen LogP contribution in [0.5, 0.6) is 0 Å². The summed E-state index contributed by atoms with van der Waals surface area (Å²) in [6, 6.07) is 13.6. The van der Waals surface area contributed by atoms with Crippen molar-refractivity contribution in [3.8, 4) is 0 Å². The van der Waals surface area contributed by atoms with Crippen LogP contribution in [0.1, 0.15) is 10.8 Å². The van der Waals surface area contributed by atoms with Gasteiger partial charge in [0, 0.05) is 17.0 Å². The average molecular weight is 323 g/mol. The maximum absolute atomic E-state index is 10.6. The van der Waals surface area contributed by atoms with Crippen LogP contribution in [0.15, 0.2) is 58.3 Å². The minimum absolute atomic E-state index is 0.0485. The first kappa shape index (κ1) is 14.4. The second-order valence-corrected chi connectivity index (χ2v) is 8.11. The molecular formula is C14H13NO4S2. The van der Waals surface area contributed by atoms with E-state index >= 15 is 0 Å². The lowest BCUT2D eigenvalue weighted by atomic mass is 10.2. The van der Waals surface area contributed by atoms with Crippen molar-refractivity contribution in [3.05, 3.63) is 64.2 Å². The molecule has 1 atom stereocenters. The topological polar surface area (TPSA) is 83.6 Å². The van der Waals surface area contributed by atoms with E-state index in [0.29, 0.717) is 4.90 Å². The van der Waals surface area contributed by atoms with E-state index in [4.69, 9.17) is 0 Å². The molecule has 21 heavy (non-hydrogen) atoms. The van der Waals surface area contributed by atoms with Crippen molar-refractivity contribution in [1.29, 1.82) is 0 Å². The minimum atomic E-state index is -2.73. The predicted molar refractivity (Wildman–Crippen MR) is 84.1 cm³/mol. The summed E-state index contributed by atoms with van der Waals surface area (Å²) in [7, 11) is -2.73. The molecule has 2 N–H and O–H groups in total. The summed E-state index contributed by atoms with van der Waals surface area (Å²) in [5, 5.41) is 10.6. The third-order valence-electron chi connectivity index (χ3n) is 3.33. The average Bonchev–Trinajstić information content (AvgIpc) is 2.71. The molecule has 0 aromatic heterocycles. The van der Waals surface area contributed by atoms with Crippen LogP contribution in [0, 0.1) is 10.1 Å². The molecule has 0 bridgehead atoms. The van der Waals surface area contributed by atoms with E-state index in [1.807, 2.05) is 12.1 Å². The summed E-state index contributed by atoms with van der Waals surface area (Å²) in [5.41, 5.74) is 0.983. The number of non-ortho nitro benzene ring substituents is 1. The number of fused-ring (bicyclic) bond motifs is 1. The quantitative estimate of drug-likeness (QED) is 0.639. The molecule has 0 saturated heterocycles. The summed E-state index contributed by atoms with van der Waals surface area (Å²) in [4.78, 5) is 11.7. The Hall–Kier alpha value is -1.54. The van der Waals surface area contributed by atoms with Crippen LogP contribution in [0.25, 0.3) is 0 Å². The molecular weight excluding hydrogens is 310 g/mol. The van der Waals surface area contributed by atoms with Crippen molar-refractivity contribution in [2.75, 3.05) is 5.75 Å². The van der Waals surface area contributed by atoms with Crippen LogP contribution in [0.4, 0.5) is 5.69 Å². The number of nitro groups is 1. The standard InChI is InChI=1S/C14H13NO4S2/c16-15(17)10-5-7-11(8-6-10)20-13-9-21(18,19)14-4-2-1-3-12(13)14/h1-8,13,18-19H,9H2. The van der Waals surface area contributed by atoms with Gasteiger partial charge in [0.25, 0.3) is 5.69 Å². The number of thioether (sulfide) groups is 1. The van der Waals surface area contributed by atoms with Gasteiger partial charge in [-0.15, -0.1) is 11.8 Å². The number of nitro benzene ring substituents is 1. The smallest absolute Gasteiger partial charge is 0.269 e. The number of nitrogens with zero attached hydrogens (tertiary/aromatic N) is 1. The van der Waals surface area contributed by atoms with Crippen LogP contribution in [0.2, 0.25) is 0 Å². The first-order valence-electron chi connectivity index (χ1n) is 6.23. The zero-order valence-electron chi connectivity index (χ0n) is 10.9. The van der Waals surface area contributed by atoms with Gasteiger partial charge in [-0.2, -0.15) is 10.6 Å². The maximum Gasteiger partial charge on any atom is 0.269 e. The van der Waals surface area contributed by atoms with Gasteiger partial charge in [-0.3, -0.25) is 19.2 Å². The van der Waals surface area contributed by atoms with Gasteiger partial charge in [0.2, 0.25) is 0 Å². The Labute approximate surface area is 127 Å². The second kappa shape index (κ2) is 5.34. The Morgan fingerprint density at radius 2 is 1.81 bits per heavy atom. The highest BCUT2D eigenvalue weighted by molar-refractivity contribution is 8.25. The van der Waals surface area contributed by atoms with Gasteiger partial charge < -0.3 is 0 Å². The molecule has 3 rings (SSSR count). The molecule has 1 aliphatic heterocycles. The fourth-order valence-electron chi connectivity index (χ4n) is 2.34. The van der Waals surface area contributed by atoms with Crippen molar-refractivity contribution in [1.82, 2.24) is 0 Å². The first-order valence-corrected chi connectivity index (χ1v) is 8.83. The lowest BCUT2D eigenvalue weighted by Gasteiger charge is -2.27. The third kappa shape index (κ3) is 2.77. The highest BCUT2D eigenvalue weighted by Gasteiger charge is 2.35. The summed E-state index contributed by atoms with van der Waals surface area (Å²) in [6.07, 6.45) is 0. The molecule has 1 aliphatic rings. The Balaban J connectivity index is 1.85. The summed E-state index contributed by atoms with van der Waals surface area (Å²) in [5.74, 6) is 0.286. The lowest BCUT2D eigenvalue weighted by Crippen LogP contribution is -1.98. The predicted octanol–water partition coefficient (Wildman–Crippen LogP) is 4.55. The van der Waals surface area contributed by atoms with Gasteiger partial charge >= 0.3 is 0 Å². The molecule has 5 nitrogen and oxygen atoms in total. The minimum Gasteiger partial charge on any atom is -0.295 e. The molecule has 2 aromatic carbocycles. The van der Waals surface area contributed by atoms with Crippen LogP contribution in [-0.2, 0) is 0 Å². The molecule has 7 heteroatoms. The number of rotatable bonds is 3. The van der Waals surface area contributed by atoms with Crippen molar-refractivity contribution in [3.63, 3.8) is 0 Å². The Morgan fingerprint density at radius 3 is 2.48 bits per heavy atom. The van der Waals surface area contributed by atoms with Gasteiger partial charge in [0.05, 0.1) is 20.8 Å². The third-order valence-corrected chi connectivity index (χ3v) is 6.66. The Kier molecular flexibility index (Phi) is 3.66. The maximum atomic E-state index is 10.6. The van der Waals surface area contributed by atoms with Gasteiger partial charge in [-0.1, -0.05) is 18.2 Å². The van der Waals surface area contributed by atoms with Crippen molar-refractivity contribution in [2.45, 2.75) is 15.0 Å². The number of hydrogen-bond acceptors (Lipinski definition) is 5.